The Morgan fingerprint density at radius 2 is 1.86 bits per heavy atom. The molecule has 0 saturated carbocycles. The van der Waals surface area contributed by atoms with Crippen LogP contribution in [0.1, 0.15) is 39.0 Å². The van der Waals surface area contributed by atoms with Gasteiger partial charge in [0.1, 0.15) is 0 Å². The van der Waals surface area contributed by atoms with Gasteiger partial charge >= 0.3 is 12.1 Å². The maximum Gasteiger partial charge on any atom is 0.416 e. The van der Waals surface area contributed by atoms with Gasteiger partial charge in [-0.05, 0) is 54.2 Å². The summed E-state index contributed by atoms with van der Waals surface area (Å²) in [6, 6.07) is 10.4. The van der Waals surface area contributed by atoms with Gasteiger partial charge in [0, 0.05) is 13.1 Å². The summed E-state index contributed by atoms with van der Waals surface area (Å²) >= 11 is 0. The number of likely N-dealkylation sites (tertiary alicyclic amines) is 1. The molecule has 1 unspecified atom stereocenters. The van der Waals surface area contributed by atoms with Gasteiger partial charge in [0.15, 0.2) is 0 Å². The molecule has 1 aliphatic heterocycles. The molecular formula is C22H20F3NO3. The first kappa shape index (κ1) is 19.5. The van der Waals surface area contributed by atoms with Gasteiger partial charge in [-0.1, -0.05) is 24.3 Å². The number of amides is 1. The summed E-state index contributed by atoms with van der Waals surface area (Å²) in [4.78, 5) is 27.0. The molecule has 0 bridgehead atoms. The second-order valence-electron chi connectivity index (χ2n) is 7.74. The smallest absolute Gasteiger partial charge is 0.416 e. The molecule has 0 aromatic heterocycles. The highest BCUT2D eigenvalue weighted by Gasteiger charge is 2.50. The second-order valence-corrected chi connectivity index (χ2v) is 7.74. The highest BCUT2D eigenvalue weighted by molar-refractivity contribution is 5.93. The van der Waals surface area contributed by atoms with Crippen LogP contribution in [-0.4, -0.2) is 30.4 Å². The van der Waals surface area contributed by atoms with E-state index >= 15 is 0 Å². The molecule has 0 radical (unpaired) electrons. The van der Waals surface area contributed by atoms with E-state index in [0.717, 1.165) is 23.3 Å². The molecule has 1 spiro atoms. The number of nitrogens with zero attached hydrogens (tertiary/aromatic N) is 1. The third-order valence-corrected chi connectivity index (χ3v) is 5.98. The summed E-state index contributed by atoms with van der Waals surface area (Å²) in [5.41, 5.74) is 1.72. The van der Waals surface area contributed by atoms with Crippen LogP contribution >= 0.6 is 0 Å². The predicted octanol–water partition coefficient (Wildman–Crippen LogP) is 4.01. The first-order chi connectivity index (χ1) is 13.7. The molecule has 1 heterocycles. The van der Waals surface area contributed by atoms with Crippen molar-refractivity contribution < 1.29 is 27.5 Å². The van der Waals surface area contributed by atoms with Crippen LogP contribution in [0.15, 0.2) is 42.5 Å². The number of ether oxygens (including phenoxy) is 1. The van der Waals surface area contributed by atoms with Crippen molar-refractivity contribution >= 4 is 11.9 Å². The lowest BCUT2D eigenvalue weighted by Crippen LogP contribution is -2.35. The number of esters is 1. The van der Waals surface area contributed by atoms with Crippen molar-refractivity contribution in [3.63, 3.8) is 0 Å². The number of hydrogen-bond donors (Lipinski definition) is 0. The van der Waals surface area contributed by atoms with E-state index in [0.29, 0.717) is 36.9 Å². The number of carbonyl (C=O) groups is 2. The number of carbonyl (C=O) groups excluding carboxylic acids is 2. The van der Waals surface area contributed by atoms with Crippen LogP contribution in [0.2, 0.25) is 0 Å². The van der Waals surface area contributed by atoms with Crippen LogP contribution in [0, 0.1) is 5.41 Å². The number of halogens is 3. The molecule has 7 heteroatoms. The summed E-state index contributed by atoms with van der Waals surface area (Å²) in [5, 5.41) is 0. The van der Waals surface area contributed by atoms with Gasteiger partial charge in [-0.15, -0.1) is 0 Å². The molecule has 1 saturated heterocycles. The molecule has 4 nitrogen and oxygen atoms in total. The molecule has 0 N–H and O–H groups in total. The van der Waals surface area contributed by atoms with Crippen molar-refractivity contribution in [3.05, 3.63) is 70.3 Å². The molecule has 1 fully saturated rings. The number of fused-ring (bicyclic) bond motifs is 1. The van der Waals surface area contributed by atoms with Crippen LogP contribution in [0.4, 0.5) is 13.2 Å². The van der Waals surface area contributed by atoms with E-state index in [1.165, 1.54) is 19.2 Å². The van der Waals surface area contributed by atoms with Gasteiger partial charge in [-0.2, -0.15) is 13.2 Å². The minimum Gasteiger partial charge on any atom is -0.465 e. The SMILES string of the molecule is COC(=O)c1cccc2c1CC1(CCN(Cc3ccc(C(F)(F)F)cc3)C1=O)C2. The Bertz CT molecular complexity index is 968. The van der Waals surface area contributed by atoms with Gasteiger partial charge in [0.05, 0.1) is 23.7 Å². The molecule has 1 amide bonds. The number of rotatable bonds is 3. The van der Waals surface area contributed by atoms with Gasteiger partial charge in [-0.3, -0.25) is 4.79 Å². The number of hydrogen-bond acceptors (Lipinski definition) is 3. The molecule has 1 atom stereocenters. The fraction of sp³-hybridized carbons (Fsp3) is 0.364. The average Bonchev–Trinajstić information content (AvgIpc) is 3.22. The quantitative estimate of drug-likeness (QED) is 0.728. The largest absolute Gasteiger partial charge is 0.465 e. The summed E-state index contributed by atoms with van der Waals surface area (Å²) in [6.07, 6.45) is -2.67. The van der Waals surface area contributed by atoms with E-state index in [1.54, 1.807) is 17.0 Å². The maximum atomic E-state index is 13.2. The number of benzene rings is 2. The summed E-state index contributed by atoms with van der Waals surface area (Å²) in [5.74, 6) is -0.421. The van der Waals surface area contributed by atoms with Crippen molar-refractivity contribution in [2.24, 2.45) is 5.41 Å². The number of alkyl halides is 3. The van der Waals surface area contributed by atoms with E-state index in [1.807, 2.05) is 6.07 Å². The summed E-state index contributed by atoms with van der Waals surface area (Å²) < 4.78 is 43.1. The molecule has 2 aliphatic rings. The van der Waals surface area contributed by atoms with Gasteiger partial charge in [-0.25, -0.2) is 4.79 Å². The van der Waals surface area contributed by atoms with E-state index in [9.17, 15) is 22.8 Å². The third-order valence-electron chi connectivity index (χ3n) is 5.98. The van der Waals surface area contributed by atoms with E-state index in [2.05, 4.69) is 0 Å². The minimum absolute atomic E-state index is 0.00980. The monoisotopic (exact) mass is 403 g/mol. The zero-order chi connectivity index (χ0) is 20.8. The van der Waals surface area contributed by atoms with E-state index in [-0.39, 0.29) is 12.5 Å². The Kier molecular flexibility index (Phi) is 4.63. The molecule has 1 aliphatic carbocycles. The van der Waals surface area contributed by atoms with Crippen molar-refractivity contribution in [2.45, 2.75) is 32.0 Å². The van der Waals surface area contributed by atoms with Crippen molar-refractivity contribution in [1.82, 2.24) is 4.90 Å². The summed E-state index contributed by atoms with van der Waals surface area (Å²) in [6.45, 7) is 0.820. The first-order valence-corrected chi connectivity index (χ1v) is 9.38. The Morgan fingerprint density at radius 1 is 1.14 bits per heavy atom. The third kappa shape index (κ3) is 3.39. The van der Waals surface area contributed by atoms with Crippen molar-refractivity contribution in [3.8, 4) is 0 Å². The topological polar surface area (TPSA) is 46.6 Å². The average molecular weight is 403 g/mol. The fourth-order valence-electron chi connectivity index (χ4n) is 4.47. The zero-order valence-corrected chi connectivity index (χ0v) is 15.9. The van der Waals surface area contributed by atoms with Crippen molar-refractivity contribution in [1.29, 1.82) is 0 Å². The lowest BCUT2D eigenvalue weighted by Gasteiger charge is -2.23. The van der Waals surface area contributed by atoms with Crippen LogP contribution in [0.25, 0.3) is 0 Å². The maximum absolute atomic E-state index is 13.2. The lowest BCUT2D eigenvalue weighted by molar-refractivity contribution is -0.138. The van der Waals surface area contributed by atoms with E-state index in [4.69, 9.17) is 4.74 Å². The van der Waals surface area contributed by atoms with Crippen molar-refractivity contribution in [2.75, 3.05) is 13.7 Å². The normalized spacial score (nSPS) is 21.0. The zero-order valence-electron chi connectivity index (χ0n) is 15.9. The van der Waals surface area contributed by atoms with Crippen LogP contribution in [0.5, 0.6) is 0 Å². The fourth-order valence-corrected chi connectivity index (χ4v) is 4.47. The molecular weight excluding hydrogens is 383 g/mol. The predicted molar refractivity (Wildman–Crippen MR) is 99.1 cm³/mol. The van der Waals surface area contributed by atoms with Crippen LogP contribution < -0.4 is 0 Å². The Labute approximate surface area is 166 Å². The minimum atomic E-state index is -4.38. The van der Waals surface area contributed by atoms with Gasteiger partial charge in [0.2, 0.25) is 5.91 Å². The Balaban J connectivity index is 1.51. The molecule has 29 heavy (non-hydrogen) atoms. The standard InChI is InChI=1S/C22H20F3NO3/c1-29-19(27)17-4-2-3-15-11-21(12-18(15)17)9-10-26(20(21)28)13-14-5-7-16(8-6-14)22(23,24)25/h2-8H,9-13H2,1H3. The Morgan fingerprint density at radius 3 is 2.52 bits per heavy atom. The molecule has 2 aromatic carbocycles. The van der Waals surface area contributed by atoms with Crippen LogP contribution in [-0.2, 0) is 35.1 Å². The number of methoxy groups -OCH3 is 1. The molecule has 4 rings (SSSR count). The van der Waals surface area contributed by atoms with Gasteiger partial charge < -0.3 is 9.64 Å². The van der Waals surface area contributed by atoms with Crippen LogP contribution in [0.3, 0.4) is 0 Å². The molecule has 152 valence electrons. The Hall–Kier alpha value is -2.83. The van der Waals surface area contributed by atoms with E-state index < -0.39 is 23.1 Å². The highest BCUT2D eigenvalue weighted by atomic mass is 19.4. The second kappa shape index (κ2) is 6.90. The lowest BCUT2D eigenvalue weighted by atomic mass is 9.83. The highest BCUT2D eigenvalue weighted by Crippen LogP contribution is 2.46. The first-order valence-electron chi connectivity index (χ1n) is 9.38. The molecule has 2 aromatic rings. The summed E-state index contributed by atoms with van der Waals surface area (Å²) in [7, 11) is 1.33. The van der Waals surface area contributed by atoms with Gasteiger partial charge in [0.25, 0.3) is 0 Å².